The molecule has 1 atom stereocenters. The van der Waals surface area contributed by atoms with Crippen LogP contribution in [0.4, 0.5) is 0 Å². The van der Waals surface area contributed by atoms with Gasteiger partial charge in [-0.15, -0.1) is 0 Å². The van der Waals surface area contributed by atoms with Crippen molar-refractivity contribution in [2.45, 2.75) is 46.0 Å². The molecule has 0 saturated carbocycles. The van der Waals surface area contributed by atoms with E-state index in [1.807, 2.05) is 4.90 Å². The molecular formula is C17H28N2O3. The molecule has 2 aliphatic heterocycles. The Morgan fingerprint density at radius 2 is 2.09 bits per heavy atom. The summed E-state index contributed by atoms with van der Waals surface area (Å²) in [4.78, 5) is 27.6. The molecule has 0 aromatic rings. The normalized spacial score (nSPS) is 25.5. The van der Waals surface area contributed by atoms with E-state index in [-0.39, 0.29) is 30.4 Å². The molecular weight excluding hydrogens is 280 g/mol. The quantitative estimate of drug-likeness (QED) is 0.784. The number of hydrogen-bond donors (Lipinski definition) is 1. The molecule has 2 rings (SSSR count). The monoisotopic (exact) mass is 308 g/mol. The maximum atomic E-state index is 12.5. The SMILES string of the molecule is CC(C)=CC[C@]1(CO)CCCN(C(=O)CN2CCCC2=O)C1. The molecule has 2 amide bonds. The molecule has 2 heterocycles. The van der Waals surface area contributed by atoms with Gasteiger partial charge in [0.25, 0.3) is 0 Å². The van der Waals surface area contributed by atoms with E-state index in [9.17, 15) is 14.7 Å². The summed E-state index contributed by atoms with van der Waals surface area (Å²) in [5.74, 6) is 0.105. The van der Waals surface area contributed by atoms with Gasteiger partial charge in [-0.2, -0.15) is 0 Å². The molecule has 0 bridgehead atoms. The Labute approximate surface area is 133 Å². The predicted octanol–water partition coefficient (Wildman–Crippen LogP) is 1.57. The molecule has 0 aromatic carbocycles. The molecule has 0 aliphatic carbocycles. The highest BCUT2D eigenvalue weighted by molar-refractivity contribution is 5.86. The van der Waals surface area contributed by atoms with Gasteiger partial charge in [0, 0.05) is 31.5 Å². The van der Waals surface area contributed by atoms with E-state index in [1.165, 1.54) is 5.57 Å². The molecule has 22 heavy (non-hydrogen) atoms. The van der Waals surface area contributed by atoms with Crippen molar-refractivity contribution in [3.05, 3.63) is 11.6 Å². The minimum Gasteiger partial charge on any atom is -0.396 e. The Bertz CT molecular complexity index is 457. The third kappa shape index (κ3) is 4.09. The van der Waals surface area contributed by atoms with Crippen LogP contribution in [0.25, 0.3) is 0 Å². The number of amides is 2. The van der Waals surface area contributed by atoms with Crippen molar-refractivity contribution in [1.29, 1.82) is 0 Å². The zero-order valence-electron chi connectivity index (χ0n) is 13.8. The maximum Gasteiger partial charge on any atom is 0.242 e. The van der Waals surface area contributed by atoms with Crippen LogP contribution in [0.3, 0.4) is 0 Å². The molecule has 0 aromatic heterocycles. The van der Waals surface area contributed by atoms with Gasteiger partial charge in [-0.1, -0.05) is 11.6 Å². The second-order valence-corrected chi connectivity index (χ2v) is 6.98. The summed E-state index contributed by atoms with van der Waals surface area (Å²) in [6.07, 6.45) is 6.23. The van der Waals surface area contributed by atoms with Crippen molar-refractivity contribution < 1.29 is 14.7 Å². The molecule has 124 valence electrons. The Kier molecular flexibility index (Phi) is 5.62. The molecule has 2 fully saturated rings. The summed E-state index contributed by atoms with van der Waals surface area (Å²) < 4.78 is 0. The lowest BCUT2D eigenvalue weighted by atomic mass is 9.77. The van der Waals surface area contributed by atoms with Gasteiger partial charge in [-0.05, 0) is 39.5 Å². The van der Waals surface area contributed by atoms with E-state index < -0.39 is 0 Å². The van der Waals surface area contributed by atoms with E-state index in [2.05, 4.69) is 19.9 Å². The van der Waals surface area contributed by atoms with Gasteiger partial charge in [0.05, 0.1) is 13.2 Å². The number of aliphatic hydroxyl groups is 1. The van der Waals surface area contributed by atoms with Gasteiger partial charge < -0.3 is 14.9 Å². The highest BCUT2D eigenvalue weighted by Gasteiger charge is 2.36. The number of hydrogen-bond acceptors (Lipinski definition) is 3. The Hall–Kier alpha value is -1.36. The summed E-state index contributed by atoms with van der Waals surface area (Å²) in [5, 5.41) is 9.85. The smallest absolute Gasteiger partial charge is 0.242 e. The van der Waals surface area contributed by atoms with E-state index in [1.54, 1.807) is 4.90 Å². The number of carbonyl (C=O) groups is 2. The van der Waals surface area contributed by atoms with Crippen molar-refractivity contribution in [1.82, 2.24) is 9.80 Å². The summed E-state index contributed by atoms with van der Waals surface area (Å²) in [6, 6.07) is 0. The first-order chi connectivity index (χ1) is 10.5. The number of aliphatic hydroxyl groups excluding tert-OH is 1. The standard InChI is InChI=1S/C17H28N2O3/c1-14(2)6-8-17(13-20)7-4-10-19(12-17)16(22)11-18-9-3-5-15(18)21/h6,20H,3-5,7-13H2,1-2H3/t17-/m1/s1. The Morgan fingerprint density at radius 1 is 1.32 bits per heavy atom. The van der Waals surface area contributed by atoms with Gasteiger partial charge in [0.2, 0.25) is 11.8 Å². The van der Waals surface area contributed by atoms with Gasteiger partial charge in [-0.25, -0.2) is 0 Å². The molecule has 2 saturated heterocycles. The van der Waals surface area contributed by atoms with E-state index in [4.69, 9.17) is 0 Å². The maximum absolute atomic E-state index is 12.5. The zero-order chi connectivity index (χ0) is 16.2. The third-order valence-electron chi connectivity index (χ3n) is 4.79. The van der Waals surface area contributed by atoms with Gasteiger partial charge in [-0.3, -0.25) is 9.59 Å². The van der Waals surface area contributed by atoms with Gasteiger partial charge in [0.1, 0.15) is 0 Å². The zero-order valence-corrected chi connectivity index (χ0v) is 13.8. The topological polar surface area (TPSA) is 60.9 Å². The molecule has 0 radical (unpaired) electrons. The van der Waals surface area contributed by atoms with E-state index in [0.29, 0.717) is 19.5 Å². The third-order valence-corrected chi connectivity index (χ3v) is 4.79. The number of rotatable bonds is 5. The van der Waals surface area contributed by atoms with Crippen LogP contribution in [0.1, 0.15) is 46.0 Å². The molecule has 5 heteroatoms. The molecule has 0 unspecified atom stereocenters. The van der Waals surface area contributed by atoms with Gasteiger partial charge >= 0.3 is 0 Å². The van der Waals surface area contributed by atoms with Crippen LogP contribution in [0.5, 0.6) is 0 Å². The lowest BCUT2D eigenvalue weighted by molar-refractivity contribution is -0.141. The Balaban J connectivity index is 1.97. The van der Waals surface area contributed by atoms with Crippen molar-refractivity contribution in [2.24, 2.45) is 5.41 Å². The lowest BCUT2D eigenvalue weighted by Crippen LogP contribution is -2.50. The number of nitrogens with zero attached hydrogens (tertiary/aromatic N) is 2. The molecule has 5 nitrogen and oxygen atoms in total. The number of allylic oxidation sites excluding steroid dienone is 2. The molecule has 2 aliphatic rings. The fourth-order valence-electron chi connectivity index (χ4n) is 3.34. The number of piperidine rings is 1. The first kappa shape index (κ1) is 17.0. The van der Waals surface area contributed by atoms with Gasteiger partial charge in [0.15, 0.2) is 0 Å². The fraction of sp³-hybridized carbons (Fsp3) is 0.765. The summed E-state index contributed by atoms with van der Waals surface area (Å²) in [6.45, 7) is 6.42. The second kappa shape index (κ2) is 7.27. The van der Waals surface area contributed by atoms with Crippen LogP contribution in [0, 0.1) is 5.41 Å². The predicted molar refractivity (Wildman–Crippen MR) is 85.2 cm³/mol. The summed E-state index contributed by atoms with van der Waals surface area (Å²) >= 11 is 0. The Morgan fingerprint density at radius 3 is 2.68 bits per heavy atom. The first-order valence-corrected chi connectivity index (χ1v) is 8.25. The largest absolute Gasteiger partial charge is 0.396 e. The van der Waals surface area contributed by atoms with Crippen molar-refractivity contribution in [3.8, 4) is 0 Å². The van der Waals surface area contributed by atoms with Crippen LogP contribution >= 0.6 is 0 Å². The molecule has 0 spiro atoms. The minimum atomic E-state index is -0.222. The average Bonchev–Trinajstić information content (AvgIpc) is 2.90. The second-order valence-electron chi connectivity index (χ2n) is 6.98. The van der Waals surface area contributed by atoms with E-state index >= 15 is 0 Å². The number of likely N-dealkylation sites (tertiary alicyclic amines) is 2. The average molecular weight is 308 g/mol. The van der Waals surface area contributed by atoms with Crippen LogP contribution in [-0.4, -0.2) is 59.5 Å². The summed E-state index contributed by atoms with van der Waals surface area (Å²) in [5.41, 5.74) is 1.01. The fourth-order valence-corrected chi connectivity index (χ4v) is 3.34. The van der Waals surface area contributed by atoms with Crippen molar-refractivity contribution in [3.63, 3.8) is 0 Å². The highest BCUT2D eigenvalue weighted by Crippen LogP contribution is 2.34. The number of carbonyl (C=O) groups excluding carboxylic acids is 2. The highest BCUT2D eigenvalue weighted by atomic mass is 16.3. The summed E-state index contributed by atoms with van der Waals surface area (Å²) in [7, 11) is 0. The van der Waals surface area contributed by atoms with E-state index in [0.717, 1.165) is 32.2 Å². The van der Waals surface area contributed by atoms with Crippen LogP contribution < -0.4 is 0 Å². The van der Waals surface area contributed by atoms with Crippen LogP contribution in [0.15, 0.2) is 11.6 Å². The first-order valence-electron chi connectivity index (χ1n) is 8.25. The van der Waals surface area contributed by atoms with Crippen molar-refractivity contribution >= 4 is 11.8 Å². The van der Waals surface area contributed by atoms with Crippen molar-refractivity contribution in [2.75, 3.05) is 32.8 Å². The minimum absolute atomic E-state index is 0.0185. The lowest BCUT2D eigenvalue weighted by Gasteiger charge is -2.42. The van der Waals surface area contributed by atoms with Crippen LogP contribution in [0.2, 0.25) is 0 Å². The van der Waals surface area contributed by atoms with Crippen LogP contribution in [-0.2, 0) is 9.59 Å². The molecule has 1 N–H and O–H groups in total.